The lowest BCUT2D eigenvalue weighted by Crippen LogP contribution is -2.41. The Bertz CT molecular complexity index is 837. The third-order valence-electron chi connectivity index (χ3n) is 6.01. The van der Waals surface area contributed by atoms with Gasteiger partial charge in [0.05, 0.1) is 5.56 Å². The highest BCUT2D eigenvalue weighted by molar-refractivity contribution is 6.00. The molecule has 4 nitrogen and oxygen atoms in total. The van der Waals surface area contributed by atoms with Crippen LogP contribution in [0.3, 0.4) is 0 Å². The van der Waals surface area contributed by atoms with Gasteiger partial charge in [0.2, 0.25) is 0 Å². The molecule has 1 heterocycles. The number of rotatable bonds is 4. The third kappa shape index (κ3) is 3.54. The standard InChI is InChI=1S/C23H25NO3/c25-22-19-7-3-2-6-16(19)12-13-20(22)21(24-14-4-1-5-15-24)17-8-10-18(11-9-17)23(26)27/h2-3,6-11,20-21H,1,4-5,12-15H2,(H,26,27). The predicted octanol–water partition coefficient (Wildman–Crippen LogP) is 4.36. The van der Waals surface area contributed by atoms with E-state index < -0.39 is 5.97 Å². The summed E-state index contributed by atoms with van der Waals surface area (Å²) >= 11 is 0. The van der Waals surface area contributed by atoms with E-state index in [2.05, 4.69) is 11.0 Å². The minimum Gasteiger partial charge on any atom is -0.478 e. The van der Waals surface area contributed by atoms with Gasteiger partial charge in [-0.1, -0.05) is 42.8 Å². The van der Waals surface area contributed by atoms with Gasteiger partial charge in [0.25, 0.3) is 0 Å². The molecule has 2 aromatic rings. The van der Waals surface area contributed by atoms with Crippen LogP contribution in [-0.2, 0) is 6.42 Å². The molecule has 27 heavy (non-hydrogen) atoms. The van der Waals surface area contributed by atoms with E-state index in [4.69, 9.17) is 0 Å². The minimum atomic E-state index is -0.918. The Labute approximate surface area is 159 Å². The van der Waals surface area contributed by atoms with Crippen molar-refractivity contribution in [3.63, 3.8) is 0 Å². The van der Waals surface area contributed by atoms with Gasteiger partial charge in [-0.3, -0.25) is 9.69 Å². The number of carboxylic acids is 1. The summed E-state index contributed by atoms with van der Waals surface area (Å²) in [7, 11) is 0. The second kappa shape index (κ2) is 7.65. The van der Waals surface area contributed by atoms with E-state index in [1.165, 1.54) is 6.42 Å². The van der Waals surface area contributed by atoms with Crippen LogP contribution in [-0.4, -0.2) is 34.8 Å². The van der Waals surface area contributed by atoms with Crippen LogP contribution >= 0.6 is 0 Å². The Morgan fingerprint density at radius 3 is 2.41 bits per heavy atom. The summed E-state index contributed by atoms with van der Waals surface area (Å²) in [6, 6.07) is 15.1. The molecule has 1 saturated heterocycles. The molecule has 0 aromatic heterocycles. The van der Waals surface area contributed by atoms with Crippen LogP contribution in [0.2, 0.25) is 0 Å². The van der Waals surface area contributed by atoms with E-state index in [9.17, 15) is 14.7 Å². The highest BCUT2D eigenvalue weighted by atomic mass is 16.4. The first-order valence-corrected chi connectivity index (χ1v) is 9.84. The fraction of sp³-hybridized carbons (Fsp3) is 0.391. The molecule has 0 radical (unpaired) electrons. The Kier molecular flexibility index (Phi) is 5.08. The molecule has 1 N–H and O–H groups in total. The average Bonchev–Trinajstić information content (AvgIpc) is 2.71. The summed E-state index contributed by atoms with van der Waals surface area (Å²) in [5, 5.41) is 9.20. The number of hydrogen-bond donors (Lipinski definition) is 1. The van der Waals surface area contributed by atoms with Gasteiger partial charge in [0.15, 0.2) is 5.78 Å². The summed E-state index contributed by atoms with van der Waals surface area (Å²) in [4.78, 5) is 27.0. The van der Waals surface area contributed by atoms with Gasteiger partial charge in [0.1, 0.15) is 0 Å². The maximum absolute atomic E-state index is 13.3. The van der Waals surface area contributed by atoms with Crippen LogP contribution in [0.4, 0.5) is 0 Å². The first-order valence-electron chi connectivity index (χ1n) is 9.84. The number of nitrogens with zero attached hydrogens (tertiary/aromatic N) is 1. The highest BCUT2D eigenvalue weighted by Crippen LogP contribution is 2.39. The minimum absolute atomic E-state index is 0.0222. The molecule has 2 unspecified atom stereocenters. The molecule has 4 heteroatoms. The van der Waals surface area contributed by atoms with E-state index in [1.54, 1.807) is 12.1 Å². The number of benzene rings is 2. The molecule has 2 aromatic carbocycles. The van der Waals surface area contributed by atoms with Gasteiger partial charge in [-0.25, -0.2) is 4.79 Å². The van der Waals surface area contributed by atoms with E-state index in [0.717, 1.165) is 55.5 Å². The molecule has 4 rings (SSSR count). The molecule has 2 atom stereocenters. The van der Waals surface area contributed by atoms with E-state index in [1.807, 2.05) is 30.3 Å². The quantitative estimate of drug-likeness (QED) is 0.877. The highest BCUT2D eigenvalue weighted by Gasteiger charge is 2.37. The molecular formula is C23H25NO3. The topological polar surface area (TPSA) is 57.6 Å². The van der Waals surface area contributed by atoms with Crippen molar-refractivity contribution in [3.8, 4) is 0 Å². The smallest absolute Gasteiger partial charge is 0.335 e. The van der Waals surface area contributed by atoms with Crippen molar-refractivity contribution in [1.29, 1.82) is 0 Å². The van der Waals surface area contributed by atoms with E-state index in [0.29, 0.717) is 0 Å². The summed E-state index contributed by atoms with van der Waals surface area (Å²) < 4.78 is 0. The fourth-order valence-electron chi connectivity index (χ4n) is 4.64. The molecule has 0 spiro atoms. The number of aryl methyl sites for hydroxylation is 1. The number of aromatic carboxylic acids is 1. The molecular weight excluding hydrogens is 338 g/mol. The number of Topliss-reactive ketones (excluding diaryl/α,β-unsaturated/α-hetero) is 1. The first-order chi connectivity index (χ1) is 13.1. The van der Waals surface area contributed by atoms with Crippen molar-refractivity contribution in [2.75, 3.05) is 13.1 Å². The number of fused-ring (bicyclic) bond motifs is 1. The van der Waals surface area contributed by atoms with Crippen LogP contribution in [0.5, 0.6) is 0 Å². The predicted molar refractivity (Wildman–Crippen MR) is 104 cm³/mol. The lowest BCUT2D eigenvalue weighted by atomic mass is 9.76. The molecule has 1 aliphatic heterocycles. The molecule has 0 bridgehead atoms. The second-order valence-electron chi connectivity index (χ2n) is 7.64. The number of likely N-dealkylation sites (tertiary alicyclic amines) is 1. The van der Waals surface area contributed by atoms with E-state index in [-0.39, 0.29) is 23.3 Å². The van der Waals surface area contributed by atoms with Gasteiger partial charge < -0.3 is 5.11 Å². The SMILES string of the molecule is O=C(O)c1ccc(C(C2CCc3ccccc3C2=O)N2CCCCC2)cc1. The van der Waals surface area contributed by atoms with Gasteiger partial charge in [-0.05, 0) is 62.0 Å². The summed E-state index contributed by atoms with van der Waals surface area (Å²) in [5.74, 6) is -0.762. The number of carbonyl (C=O) groups excluding carboxylic acids is 1. The lowest BCUT2D eigenvalue weighted by molar-refractivity contribution is 0.0680. The maximum atomic E-state index is 13.3. The van der Waals surface area contributed by atoms with Crippen LogP contribution in [0, 0.1) is 5.92 Å². The van der Waals surface area contributed by atoms with Crippen LogP contribution in [0.15, 0.2) is 48.5 Å². The van der Waals surface area contributed by atoms with Crippen molar-refractivity contribution in [1.82, 2.24) is 4.90 Å². The zero-order chi connectivity index (χ0) is 18.8. The molecule has 140 valence electrons. The monoisotopic (exact) mass is 363 g/mol. The zero-order valence-corrected chi connectivity index (χ0v) is 15.4. The summed E-state index contributed by atoms with van der Waals surface area (Å²) in [5.41, 5.74) is 3.35. The molecule has 0 saturated carbocycles. The zero-order valence-electron chi connectivity index (χ0n) is 15.4. The normalized spacial score (nSPS) is 21.5. The Morgan fingerprint density at radius 2 is 1.70 bits per heavy atom. The van der Waals surface area contributed by atoms with Crippen LogP contribution in [0.1, 0.15) is 63.6 Å². The number of ketones is 1. The van der Waals surface area contributed by atoms with Crippen molar-refractivity contribution in [2.24, 2.45) is 5.92 Å². The number of piperidine rings is 1. The van der Waals surface area contributed by atoms with Gasteiger partial charge in [-0.15, -0.1) is 0 Å². The fourth-order valence-corrected chi connectivity index (χ4v) is 4.64. The summed E-state index contributed by atoms with van der Waals surface area (Å²) in [6.07, 6.45) is 5.31. The number of hydrogen-bond acceptors (Lipinski definition) is 3. The van der Waals surface area contributed by atoms with Crippen molar-refractivity contribution in [2.45, 2.75) is 38.1 Å². The molecule has 0 amide bonds. The Balaban J connectivity index is 1.70. The maximum Gasteiger partial charge on any atom is 0.335 e. The average molecular weight is 363 g/mol. The van der Waals surface area contributed by atoms with Crippen molar-refractivity contribution in [3.05, 3.63) is 70.8 Å². The molecule has 1 fully saturated rings. The Hall–Kier alpha value is -2.46. The number of carbonyl (C=O) groups is 2. The molecule has 1 aliphatic carbocycles. The van der Waals surface area contributed by atoms with Gasteiger partial charge in [-0.2, -0.15) is 0 Å². The first kappa shape index (κ1) is 17.9. The van der Waals surface area contributed by atoms with Crippen LogP contribution in [0.25, 0.3) is 0 Å². The molecule has 2 aliphatic rings. The van der Waals surface area contributed by atoms with Crippen molar-refractivity contribution >= 4 is 11.8 Å². The van der Waals surface area contributed by atoms with Gasteiger partial charge in [0, 0.05) is 17.5 Å². The lowest BCUT2D eigenvalue weighted by Gasteiger charge is -2.40. The van der Waals surface area contributed by atoms with Gasteiger partial charge >= 0.3 is 5.97 Å². The number of carboxylic acid groups (broad SMARTS) is 1. The summed E-state index contributed by atoms with van der Waals surface area (Å²) in [6.45, 7) is 1.99. The van der Waals surface area contributed by atoms with Crippen LogP contribution < -0.4 is 0 Å². The second-order valence-corrected chi connectivity index (χ2v) is 7.64. The third-order valence-corrected chi connectivity index (χ3v) is 6.01. The van der Waals surface area contributed by atoms with E-state index >= 15 is 0 Å². The largest absolute Gasteiger partial charge is 0.478 e. The van der Waals surface area contributed by atoms with Crippen molar-refractivity contribution < 1.29 is 14.7 Å². The Morgan fingerprint density at radius 1 is 1.00 bits per heavy atom.